The molecular weight excluding hydrogens is 356 g/mol. The molecule has 4 rings (SSSR count). The number of ether oxygens (including phenoxy) is 1. The number of carbonyl (C=O) groups excluding carboxylic acids is 2. The number of esters is 1. The lowest BCUT2D eigenvalue weighted by Crippen LogP contribution is -2.27. The molecular formula is C23H26O5. The van der Waals surface area contributed by atoms with Crippen molar-refractivity contribution in [1.82, 2.24) is 0 Å². The first kappa shape index (κ1) is 18.8. The topological polar surface area (TPSA) is 83.8 Å². The minimum atomic E-state index is -0.595. The highest BCUT2D eigenvalue weighted by Gasteiger charge is 2.42. The van der Waals surface area contributed by atoms with Gasteiger partial charge in [-0.25, -0.2) is 0 Å². The van der Waals surface area contributed by atoms with Gasteiger partial charge in [0.2, 0.25) is 0 Å². The Hall–Kier alpha value is -2.56. The minimum absolute atomic E-state index is 0.00431. The standard InChI is InChI=1S/C23H26O5/c1-12(24)28-11-14-10-13-6-4-5-7-15(13)18-17(14)22(27)20-19(21(18)26)16(25)8-9-23(20,2)3/h8-10,14-15,26-27H,4-7,11H2,1-3H3. The molecule has 148 valence electrons. The third kappa shape index (κ3) is 2.76. The molecule has 2 unspecified atom stereocenters. The first-order valence-electron chi connectivity index (χ1n) is 9.92. The third-order valence-electron chi connectivity index (χ3n) is 6.32. The molecule has 0 bridgehead atoms. The van der Waals surface area contributed by atoms with Crippen molar-refractivity contribution >= 4 is 11.8 Å². The van der Waals surface area contributed by atoms with Crippen LogP contribution in [0, 0.1) is 0 Å². The number of ketones is 1. The van der Waals surface area contributed by atoms with Crippen molar-refractivity contribution in [2.45, 2.75) is 63.7 Å². The lowest BCUT2D eigenvalue weighted by molar-refractivity contribution is -0.141. The molecule has 1 aromatic rings. The number of hydrogen-bond donors (Lipinski definition) is 2. The Bertz CT molecular complexity index is 935. The number of aromatic hydroxyl groups is 2. The lowest BCUT2D eigenvalue weighted by atomic mass is 9.66. The van der Waals surface area contributed by atoms with Crippen LogP contribution >= 0.6 is 0 Å². The number of rotatable bonds is 2. The van der Waals surface area contributed by atoms with Gasteiger partial charge in [-0.15, -0.1) is 0 Å². The van der Waals surface area contributed by atoms with Crippen molar-refractivity contribution in [1.29, 1.82) is 0 Å². The summed E-state index contributed by atoms with van der Waals surface area (Å²) in [6.45, 7) is 5.28. The van der Waals surface area contributed by atoms with Crippen LogP contribution in [-0.4, -0.2) is 28.6 Å². The molecule has 0 aromatic heterocycles. The first-order valence-corrected chi connectivity index (χ1v) is 9.92. The van der Waals surface area contributed by atoms with E-state index in [1.807, 2.05) is 13.8 Å². The van der Waals surface area contributed by atoms with Gasteiger partial charge >= 0.3 is 5.97 Å². The van der Waals surface area contributed by atoms with Crippen LogP contribution in [0.2, 0.25) is 0 Å². The monoisotopic (exact) mass is 382 g/mol. The van der Waals surface area contributed by atoms with Gasteiger partial charge in [0.25, 0.3) is 0 Å². The van der Waals surface area contributed by atoms with Crippen LogP contribution in [0.1, 0.15) is 85.3 Å². The summed E-state index contributed by atoms with van der Waals surface area (Å²) in [5.74, 6) is -0.982. The van der Waals surface area contributed by atoms with Crippen LogP contribution in [0.4, 0.5) is 0 Å². The number of fused-ring (bicyclic) bond motifs is 4. The van der Waals surface area contributed by atoms with E-state index in [1.165, 1.54) is 18.6 Å². The van der Waals surface area contributed by atoms with Gasteiger partial charge in [-0.2, -0.15) is 0 Å². The quantitative estimate of drug-likeness (QED) is 0.451. The number of carbonyl (C=O) groups is 2. The van der Waals surface area contributed by atoms with Gasteiger partial charge < -0.3 is 14.9 Å². The van der Waals surface area contributed by atoms with E-state index in [1.54, 1.807) is 6.08 Å². The van der Waals surface area contributed by atoms with Crippen LogP contribution in [-0.2, 0) is 14.9 Å². The summed E-state index contributed by atoms with van der Waals surface area (Å²) in [6.07, 6.45) is 9.22. The van der Waals surface area contributed by atoms with Gasteiger partial charge in [0.15, 0.2) is 5.78 Å². The zero-order chi connectivity index (χ0) is 20.2. The molecule has 1 aromatic carbocycles. The average Bonchev–Trinajstić information content (AvgIpc) is 2.65. The number of allylic oxidation sites excluding steroid dienone is 3. The second-order valence-electron chi connectivity index (χ2n) is 8.64. The molecule has 28 heavy (non-hydrogen) atoms. The Kier molecular flexibility index (Phi) is 4.36. The Morgan fingerprint density at radius 3 is 2.68 bits per heavy atom. The van der Waals surface area contributed by atoms with E-state index in [0.29, 0.717) is 16.7 Å². The van der Waals surface area contributed by atoms with Crippen molar-refractivity contribution in [2.24, 2.45) is 0 Å². The number of benzene rings is 1. The van der Waals surface area contributed by atoms with Gasteiger partial charge in [-0.1, -0.05) is 38.0 Å². The van der Waals surface area contributed by atoms with Gasteiger partial charge in [0.05, 0.1) is 5.56 Å². The van der Waals surface area contributed by atoms with E-state index in [2.05, 4.69) is 6.08 Å². The van der Waals surface area contributed by atoms with Crippen molar-refractivity contribution in [3.05, 3.63) is 46.1 Å². The predicted molar refractivity (Wildman–Crippen MR) is 105 cm³/mol. The van der Waals surface area contributed by atoms with Gasteiger partial charge in [-0.3, -0.25) is 9.59 Å². The molecule has 0 saturated heterocycles. The maximum absolute atomic E-state index is 12.6. The van der Waals surface area contributed by atoms with E-state index in [-0.39, 0.29) is 47.3 Å². The van der Waals surface area contributed by atoms with Crippen LogP contribution < -0.4 is 0 Å². The zero-order valence-electron chi connectivity index (χ0n) is 16.5. The highest BCUT2D eigenvalue weighted by atomic mass is 16.5. The number of phenols is 2. The van der Waals surface area contributed by atoms with E-state index < -0.39 is 5.41 Å². The fourth-order valence-corrected chi connectivity index (χ4v) is 5.05. The molecule has 5 nitrogen and oxygen atoms in total. The number of phenolic OH excluding ortho intramolecular Hbond substituents is 2. The van der Waals surface area contributed by atoms with Crippen molar-refractivity contribution < 1.29 is 24.5 Å². The maximum atomic E-state index is 12.6. The second-order valence-corrected chi connectivity index (χ2v) is 8.64. The molecule has 0 radical (unpaired) electrons. The molecule has 3 aliphatic rings. The van der Waals surface area contributed by atoms with E-state index >= 15 is 0 Å². The van der Waals surface area contributed by atoms with Gasteiger partial charge in [0, 0.05) is 40.9 Å². The van der Waals surface area contributed by atoms with Crippen LogP contribution in [0.5, 0.6) is 11.5 Å². The van der Waals surface area contributed by atoms with Crippen molar-refractivity contribution in [3.8, 4) is 11.5 Å². The Labute approximate surface area is 164 Å². The molecule has 2 N–H and O–H groups in total. The summed E-state index contributed by atoms with van der Waals surface area (Å²) in [6, 6.07) is 0. The summed E-state index contributed by atoms with van der Waals surface area (Å²) in [5.41, 5.74) is 2.51. The minimum Gasteiger partial charge on any atom is -0.507 e. The molecule has 0 heterocycles. The smallest absolute Gasteiger partial charge is 0.302 e. The zero-order valence-corrected chi connectivity index (χ0v) is 16.5. The highest BCUT2D eigenvalue weighted by Crippen LogP contribution is 2.56. The summed E-state index contributed by atoms with van der Waals surface area (Å²) in [5, 5.41) is 22.6. The summed E-state index contributed by atoms with van der Waals surface area (Å²) >= 11 is 0. The molecule has 5 heteroatoms. The third-order valence-corrected chi connectivity index (χ3v) is 6.32. The fourth-order valence-electron chi connectivity index (χ4n) is 5.05. The van der Waals surface area contributed by atoms with Crippen LogP contribution in [0.25, 0.3) is 0 Å². The van der Waals surface area contributed by atoms with E-state index in [0.717, 1.165) is 25.7 Å². The molecule has 0 aliphatic heterocycles. The molecule has 1 saturated carbocycles. The average molecular weight is 382 g/mol. The Balaban J connectivity index is 1.99. The van der Waals surface area contributed by atoms with Crippen LogP contribution in [0.3, 0.4) is 0 Å². The van der Waals surface area contributed by atoms with Gasteiger partial charge in [0.1, 0.15) is 18.1 Å². The molecule has 2 atom stereocenters. The second kappa shape index (κ2) is 6.50. The van der Waals surface area contributed by atoms with Gasteiger partial charge in [-0.05, 0) is 25.3 Å². The highest BCUT2D eigenvalue weighted by molar-refractivity contribution is 6.10. The van der Waals surface area contributed by atoms with Crippen LogP contribution in [0.15, 0.2) is 23.8 Å². The lowest BCUT2D eigenvalue weighted by Gasteiger charge is -2.38. The van der Waals surface area contributed by atoms with E-state index in [4.69, 9.17) is 4.74 Å². The molecule has 0 spiro atoms. The largest absolute Gasteiger partial charge is 0.507 e. The molecule has 1 fully saturated rings. The summed E-state index contributed by atoms with van der Waals surface area (Å²) in [4.78, 5) is 24.1. The fraction of sp³-hybridized carbons (Fsp3) is 0.478. The first-order chi connectivity index (χ1) is 13.2. The number of hydrogen-bond acceptors (Lipinski definition) is 5. The van der Waals surface area contributed by atoms with Crippen molar-refractivity contribution in [2.75, 3.05) is 6.61 Å². The SMILES string of the molecule is CC(=O)OCC1C=C2CCCCC2c2c(O)c3c(c(O)c21)C(C)(C)C=CC3=O. The maximum Gasteiger partial charge on any atom is 0.302 e. The normalized spacial score (nSPS) is 24.7. The summed E-state index contributed by atoms with van der Waals surface area (Å²) < 4.78 is 5.27. The predicted octanol–water partition coefficient (Wildman–Crippen LogP) is 4.37. The Morgan fingerprint density at radius 1 is 1.21 bits per heavy atom. The summed E-state index contributed by atoms with van der Waals surface area (Å²) in [7, 11) is 0. The molecule has 3 aliphatic carbocycles. The molecule has 0 amide bonds. The van der Waals surface area contributed by atoms with E-state index in [9.17, 15) is 19.8 Å². The van der Waals surface area contributed by atoms with Crippen molar-refractivity contribution in [3.63, 3.8) is 0 Å². The Morgan fingerprint density at radius 2 is 1.96 bits per heavy atom.